The number of ether oxygens (including phenoxy) is 15. The number of amides is 4. The minimum atomic E-state index is -5.82. The van der Waals surface area contributed by atoms with E-state index in [1.54, 1.807) is 0 Å². The van der Waals surface area contributed by atoms with Gasteiger partial charge >= 0.3 is 72.8 Å². The maximum absolute atomic E-state index is 13.2. The topological polar surface area (TPSA) is 1000 Å². The molecule has 0 saturated carbocycles. The van der Waals surface area contributed by atoms with Gasteiger partial charge in [0.15, 0.2) is 50.3 Å². The van der Waals surface area contributed by atoms with Gasteiger partial charge in [-0.05, 0) is 0 Å². The van der Waals surface area contributed by atoms with E-state index < -0.39 is 395 Å². The molecule has 752 valence electrons. The van der Waals surface area contributed by atoms with Crippen molar-refractivity contribution < 1.29 is 287 Å². The SMILES string of the molecule is CC(=O)N[C@H]1[C@H](O[C@@H]2[C@@H](O)[C@H](O)O[C@H](CO)[C@@H]2O)O[C@H](COS(=O)(=O)O)[C@@H](O[C@@H]2O[C@H](COS(=O)(=O)O)[C@H](O)[C@H](O[C@@H]3O[C@H](COS(=O)(=O)O)[C@@H](O[C@@H]4O[C@H](COS(=O)(=O)O)[C@H](O)[C@H](O[C@@H]5O[C@H](COS(=O)(=O)O)[C@@H](O[C@@H]6O[C@H](COS(=O)(=O)O)[C@H](O)[C@H](O[C@@H]7O[C@H](COS(=O)(=O)O)[C@@H](O)[C@H](O)[C@H]7NC(C)=O)[C@H]6O)[C@H](O)[C@H]5NC(C)=O)[C@H]4O)[C@H](O)[C@H]3NC(C)=O)[C@H]2O)[C@@H]1O. The van der Waals surface area contributed by atoms with Gasteiger partial charge in [0, 0.05) is 27.7 Å². The molecule has 0 bridgehead atoms. The monoisotopic (exact) mass is 2040 g/mol. The Morgan fingerprint density at radius 1 is 0.233 bits per heavy atom. The summed E-state index contributed by atoms with van der Waals surface area (Å²) < 4.78 is 353. The van der Waals surface area contributed by atoms with Crippen molar-refractivity contribution in [2.75, 3.05) is 52.9 Å². The maximum Gasteiger partial charge on any atom is 0.397 e. The molecule has 8 aliphatic rings. The van der Waals surface area contributed by atoms with Crippen molar-refractivity contribution in [2.45, 2.75) is 273 Å². The predicted molar refractivity (Wildman–Crippen MR) is 384 cm³/mol. The molecule has 0 radical (unpaired) electrons. The molecule has 8 heterocycles. The molecule has 0 aliphatic carbocycles. The van der Waals surface area contributed by atoms with Gasteiger partial charge in [0.25, 0.3) is 0 Å². The van der Waals surface area contributed by atoms with Crippen LogP contribution in [0, 0.1) is 0 Å². The molecule has 66 nitrogen and oxygen atoms in total. The molecule has 4 amide bonds. The first-order valence-corrected chi connectivity index (χ1v) is 46.3. The van der Waals surface area contributed by atoms with Crippen molar-refractivity contribution in [3.05, 3.63) is 0 Å². The average molecular weight is 2040 g/mol. The number of aliphatic hydroxyl groups excluding tert-OH is 15. The lowest BCUT2D eigenvalue weighted by Crippen LogP contribution is -2.71. The predicted octanol–water partition coefficient (Wildman–Crippen LogP) is -19.1. The molecule has 0 aromatic carbocycles. The maximum atomic E-state index is 13.2. The van der Waals surface area contributed by atoms with Crippen molar-refractivity contribution in [2.24, 2.45) is 0 Å². The van der Waals surface area contributed by atoms with Crippen molar-refractivity contribution in [1.29, 1.82) is 0 Å². The van der Waals surface area contributed by atoms with Gasteiger partial charge in [-0.2, -0.15) is 58.9 Å². The number of rotatable bonds is 40. The first-order chi connectivity index (χ1) is 59.3. The summed E-state index contributed by atoms with van der Waals surface area (Å²) in [4.78, 5) is 51.6. The zero-order valence-corrected chi connectivity index (χ0v) is 71.5. The van der Waals surface area contributed by atoms with Gasteiger partial charge in [0.1, 0.15) is 195 Å². The van der Waals surface area contributed by atoms with Crippen LogP contribution in [0.4, 0.5) is 0 Å². The van der Waals surface area contributed by atoms with Crippen LogP contribution >= 0.6 is 0 Å². The second-order valence-corrected chi connectivity index (χ2v) is 36.7. The van der Waals surface area contributed by atoms with Crippen LogP contribution in [0.3, 0.4) is 0 Å². The molecule has 8 fully saturated rings. The van der Waals surface area contributed by atoms with Crippen LogP contribution in [-0.4, -0.2) is 489 Å². The molecule has 129 heavy (non-hydrogen) atoms. The van der Waals surface area contributed by atoms with Gasteiger partial charge in [-0.1, -0.05) is 0 Å². The van der Waals surface area contributed by atoms with Gasteiger partial charge < -0.3 is 169 Å². The fourth-order valence-corrected chi connectivity index (χ4v) is 16.2. The van der Waals surface area contributed by atoms with Crippen LogP contribution in [0.25, 0.3) is 0 Å². The van der Waals surface area contributed by atoms with Gasteiger partial charge in [-0.15, -0.1) is 0 Å². The Labute approximate surface area is 727 Å². The Kier molecular flexibility index (Phi) is 38.3. The Bertz CT molecular complexity index is 4590. The molecule has 0 aromatic heterocycles. The average Bonchev–Trinajstić information content (AvgIpc) is 0.768. The number of aliphatic hydroxyl groups is 15. The summed E-state index contributed by atoms with van der Waals surface area (Å²) in [6.45, 7) is -9.42. The molecular formula is C56H94N4O62S7. The summed E-state index contributed by atoms with van der Waals surface area (Å²) in [5.74, 6) is -4.76. The van der Waals surface area contributed by atoms with Crippen LogP contribution in [0.2, 0.25) is 0 Å². The van der Waals surface area contributed by atoms with Crippen molar-refractivity contribution in [1.82, 2.24) is 21.3 Å². The Morgan fingerprint density at radius 2 is 0.419 bits per heavy atom. The number of hydrogen-bond donors (Lipinski definition) is 26. The third kappa shape index (κ3) is 30.9. The third-order valence-electron chi connectivity index (χ3n) is 19.7. The van der Waals surface area contributed by atoms with E-state index in [4.69, 9.17) is 71.1 Å². The van der Waals surface area contributed by atoms with Crippen molar-refractivity contribution >= 4 is 96.4 Å². The largest absolute Gasteiger partial charge is 0.397 e. The number of carbonyl (C=O) groups excluding carboxylic acids is 4. The summed E-state index contributed by atoms with van der Waals surface area (Å²) in [6, 6.07) is -9.16. The summed E-state index contributed by atoms with van der Waals surface area (Å²) in [6.07, 6.45) is -91.2. The van der Waals surface area contributed by atoms with Crippen LogP contribution in [0.1, 0.15) is 27.7 Å². The lowest BCUT2D eigenvalue weighted by Gasteiger charge is -2.51. The molecule has 8 saturated heterocycles. The second-order valence-electron chi connectivity index (χ2n) is 29.0. The minimum absolute atomic E-state index is 0.676. The van der Waals surface area contributed by atoms with E-state index in [0.29, 0.717) is 13.8 Å². The standard InChI is InChI=1S/C56H94N4O62S7/c1-13(62)57-25-34(71)29(66)18(6-101-123(80,81)82)109-50(25)120-46-31(68)19(7-102-124(83,84)85)110-54(39(46)76)117-43-23(11-106-128(95,96)97)114-52(27(36(43)73)59-15(3)64)122-48-33(70)21(9-104-126(89,90)91)112-56(41(48)78)118-44-24(12-107-129(98,99)100)115-53(28(37(44)74)60-16(4)65)121-47-32(69)20(8-103-125(86,87)88)111-55(40(47)77)116-42-22(10-105-127(92,93)94)113-51(26(35(42)72)58-14(2)63)119-45-30(67)17(5-61)108-49(79)38(45)75/h17-56,61,66-79H,5-12H2,1-4H3,(H,57,62)(H,58,63)(H,59,64)(H,60,65)(H,80,81,82)(H,83,84,85)(H,86,87,88)(H,89,90,91)(H,92,93,94)(H,95,96,97)(H,98,99,100)/t17-,18-,19-,20-,21-,22-,23-,24-,25-,26-,27-,28-,29-,30+,31+,32+,33+,34-,35-,36-,37-,38-,39-,40-,41-,42-,43-,44-,45+,46+,47+,48+,49-,50+,51+,52+,53+,54+,55+,56+/m1/s1. The van der Waals surface area contributed by atoms with E-state index in [-0.39, 0.29) is 0 Å². The fraction of sp³-hybridized carbons (Fsp3) is 0.929. The van der Waals surface area contributed by atoms with Gasteiger partial charge in [0.2, 0.25) is 23.6 Å². The number of nitrogens with one attached hydrogen (secondary N) is 4. The van der Waals surface area contributed by atoms with Crippen LogP contribution in [0.5, 0.6) is 0 Å². The highest BCUT2D eigenvalue weighted by molar-refractivity contribution is 7.82. The zero-order valence-electron chi connectivity index (χ0n) is 65.8. The minimum Gasteiger partial charge on any atom is -0.394 e. The highest BCUT2D eigenvalue weighted by atomic mass is 32.3. The lowest BCUT2D eigenvalue weighted by atomic mass is 9.93. The third-order valence-corrected chi connectivity index (χ3v) is 22.7. The Hall–Kier alpha value is -4.23. The number of carbonyl (C=O) groups is 4. The van der Waals surface area contributed by atoms with Gasteiger partial charge in [-0.3, -0.25) is 51.0 Å². The van der Waals surface area contributed by atoms with Crippen LogP contribution < -0.4 is 21.3 Å². The summed E-state index contributed by atoms with van der Waals surface area (Å²) >= 11 is 0. The Morgan fingerprint density at radius 3 is 0.643 bits per heavy atom. The van der Waals surface area contributed by atoms with Gasteiger partial charge in [0.05, 0.1) is 52.9 Å². The second kappa shape index (κ2) is 44.9. The normalized spacial score (nSPS) is 41.3. The molecule has 26 N–H and O–H groups in total. The van der Waals surface area contributed by atoms with Gasteiger partial charge in [-0.25, -0.2) is 29.3 Å². The Balaban J connectivity index is 1.14. The zero-order chi connectivity index (χ0) is 96.9. The van der Waals surface area contributed by atoms with E-state index in [9.17, 15) is 187 Å². The summed E-state index contributed by atoms with van der Waals surface area (Å²) in [5, 5.41) is 181. The molecule has 40 atom stereocenters. The summed E-state index contributed by atoms with van der Waals surface area (Å²) in [5.41, 5.74) is 0. The highest BCUT2D eigenvalue weighted by Gasteiger charge is 2.62. The molecule has 73 heteroatoms. The molecule has 8 rings (SSSR count). The first-order valence-electron chi connectivity index (χ1n) is 36.7. The molecule has 8 aliphatic heterocycles. The van der Waals surface area contributed by atoms with Crippen molar-refractivity contribution in [3.8, 4) is 0 Å². The van der Waals surface area contributed by atoms with Crippen LogP contribution in [-0.2, 0) is 192 Å². The van der Waals surface area contributed by atoms with E-state index in [1.165, 1.54) is 0 Å². The molecule has 0 spiro atoms. The van der Waals surface area contributed by atoms with E-state index in [2.05, 4.69) is 50.5 Å². The summed E-state index contributed by atoms with van der Waals surface area (Å²) in [7, 11) is -39.6. The highest BCUT2D eigenvalue weighted by Crippen LogP contribution is 2.41. The lowest BCUT2D eigenvalue weighted by molar-refractivity contribution is -0.388. The van der Waals surface area contributed by atoms with E-state index in [1.807, 2.05) is 0 Å². The molecule has 0 aromatic rings. The number of hydrogen-bond acceptors (Lipinski definition) is 55. The van der Waals surface area contributed by atoms with E-state index >= 15 is 0 Å². The smallest absolute Gasteiger partial charge is 0.394 e. The molecular weight excluding hydrogens is 1950 g/mol. The first kappa shape index (κ1) is 110. The van der Waals surface area contributed by atoms with E-state index in [0.717, 1.165) is 13.8 Å². The molecule has 0 unspecified atom stereocenters. The fourth-order valence-electron chi connectivity index (χ4n) is 14.1. The quantitative estimate of drug-likeness (QED) is 0.0253. The van der Waals surface area contributed by atoms with Crippen LogP contribution in [0.15, 0.2) is 0 Å². The van der Waals surface area contributed by atoms with Crippen molar-refractivity contribution in [3.63, 3.8) is 0 Å².